The number of hydrogen-bond donors (Lipinski definition) is 2. The monoisotopic (exact) mass is 372 g/mol. The summed E-state index contributed by atoms with van der Waals surface area (Å²) in [6, 6.07) is 6.19. The summed E-state index contributed by atoms with van der Waals surface area (Å²) in [5, 5.41) is 3.04. The molecule has 0 spiro atoms. The van der Waals surface area contributed by atoms with E-state index in [0.717, 1.165) is 49.2 Å². The van der Waals surface area contributed by atoms with Gasteiger partial charge in [0.2, 0.25) is 11.8 Å². The average Bonchev–Trinajstić information content (AvgIpc) is 3.03. The summed E-state index contributed by atoms with van der Waals surface area (Å²) in [5.74, 6) is 0.569. The number of rotatable bonds is 5. The Balaban J connectivity index is 1.44. The van der Waals surface area contributed by atoms with Crippen molar-refractivity contribution in [1.82, 2.24) is 9.80 Å². The number of amides is 2. The van der Waals surface area contributed by atoms with E-state index in [0.29, 0.717) is 32.0 Å². The SMILES string of the molecule is Cc1cccc(C)c1NC(=O)CN1CCN(C(=O)C[C@@H]2CCC[C@H]2N)CC1. The number of hydrogen-bond acceptors (Lipinski definition) is 4. The largest absolute Gasteiger partial charge is 0.340 e. The van der Waals surface area contributed by atoms with E-state index in [2.05, 4.69) is 10.2 Å². The Bertz CT molecular complexity index is 663. The summed E-state index contributed by atoms with van der Waals surface area (Å²) >= 11 is 0. The standard InChI is InChI=1S/C21H32N4O2/c1-15-5-3-6-16(2)21(15)23-19(26)14-24-9-11-25(12-10-24)20(27)13-17-7-4-8-18(17)22/h3,5-6,17-18H,4,7-14,22H2,1-2H3,(H,23,26)/t17-,18+/m0/s1. The topological polar surface area (TPSA) is 78.7 Å². The van der Waals surface area contributed by atoms with Crippen molar-refractivity contribution in [1.29, 1.82) is 0 Å². The molecule has 3 N–H and O–H groups in total. The summed E-state index contributed by atoms with van der Waals surface area (Å²) in [6.45, 7) is 7.23. The lowest BCUT2D eigenvalue weighted by atomic mass is 9.99. The number of nitrogens with zero attached hydrogens (tertiary/aromatic N) is 2. The first-order valence-corrected chi connectivity index (χ1v) is 10.1. The van der Waals surface area contributed by atoms with Crippen LogP contribution in [0.3, 0.4) is 0 Å². The number of nitrogens with one attached hydrogen (secondary N) is 1. The second-order valence-corrected chi connectivity index (χ2v) is 8.03. The molecule has 27 heavy (non-hydrogen) atoms. The Morgan fingerprint density at radius 1 is 1.11 bits per heavy atom. The molecule has 0 unspecified atom stereocenters. The average molecular weight is 373 g/mol. The maximum Gasteiger partial charge on any atom is 0.238 e. The van der Waals surface area contributed by atoms with Crippen LogP contribution in [0.5, 0.6) is 0 Å². The molecule has 1 aromatic rings. The molecule has 1 aliphatic carbocycles. The summed E-state index contributed by atoms with van der Waals surface area (Å²) in [4.78, 5) is 29.0. The third-order valence-corrected chi connectivity index (χ3v) is 5.99. The molecule has 1 saturated carbocycles. The molecule has 0 aromatic heterocycles. The number of para-hydroxylation sites is 1. The highest BCUT2D eigenvalue weighted by atomic mass is 16.2. The summed E-state index contributed by atoms with van der Waals surface area (Å²) in [7, 11) is 0. The molecule has 1 saturated heterocycles. The van der Waals surface area contributed by atoms with Crippen molar-refractivity contribution in [2.24, 2.45) is 11.7 Å². The van der Waals surface area contributed by atoms with Gasteiger partial charge in [-0.15, -0.1) is 0 Å². The van der Waals surface area contributed by atoms with Gasteiger partial charge in [0.05, 0.1) is 6.54 Å². The summed E-state index contributed by atoms with van der Waals surface area (Å²) in [5.41, 5.74) is 9.15. The molecule has 2 aliphatic rings. The lowest BCUT2D eigenvalue weighted by molar-refractivity contribution is -0.134. The third kappa shape index (κ3) is 5.08. The Morgan fingerprint density at radius 3 is 2.37 bits per heavy atom. The van der Waals surface area contributed by atoms with Gasteiger partial charge in [0.1, 0.15) is 0 Å². The van der Waals surface area contributed by atoms with E-state index in [1.807, 2.05) is 36.9 Å². The van der Waals surface area contributed by atoms with Gasteiger partial charge in [0.25, 0.3) is 0 Å². The van der Waals surface area contributed by atoms with E-state index < -0.39 is 0 Å². The van der Waals surface area contributed by atoms with E-state index in [4.69, 9.17) is 5.73 Å². The maximum absolute atomic E-state index is 12.5. The van der Waals surface area contributed by atoms with Gasteiger partial charge in [0, 0.05) is 44.3 Å². The van der Waals surface area contributed by atoms with Crippen molar-refractivity contribution < 1.29 is 9.59 Å². The zero-order valence-electron chi connectivity index (χ0n) is 16.5. The molecule has 0 bridgehead atoms. The van der Waals surface area contributed by atoms with Crippen LogP contribution in [-0.4, -0.2) is 60.4 Å². The molecular formula is C21H32N4O2. The van der Waals surface area contributed by atoms with Gasteiger partial charge < -0.3 is 16.0 Å². The maximum atomic E-state index is 12.5. The molecule has 148 valence electrons. The number of carbonyl (C=O) groups is 2. The lowest BCUT2D eigenvalue weighted by Gasteiger charge is -2.35. The van der Waals surface area contributed by atoms with Crippen LogP contribution >= 0.6 is 0 Å². The van der Waals surface area contributed by atoms with Gasteiger partial charge in [-0.05, 0) is 43.7 Å². The third-order valence-electron chi connectivity index (χ3n) is 5.99. The van der Waals surface area contributed by atoms with E-state index in [1.54, 1.807) is 0 Å². The van der Waals surface area contributed by atoms with Crippen molar-refractivity contribution in [3.8, 4) is 0 Å². The first kappa shape index (κ1) is 19.8. The molecule has 0 radical (unpaired) electrons. The predicted molar refractivity (Wildman–Crippen MR) is 107 cm³/mol. The summed E-state index contributed by atoms with van der Waals surface area (Å²) in [6.07, 6.45) is 3.84. The number of piperazine rings is 1. The first-order chi connectivity index (χ1) is 12.9. The first-order valence-electron chi connectivity index (χ1n) is 10.1. The van der Waals surface area contributed by atoms with E-state index in [-0.39, 0.29) is 17.9 Å². The minimum atomic E-state index is 0.00380. The Morgan fingerprint density at radius 2 is 1.78 bits per heavy atom. The highest BCUT2D eigenvalue weighted by molar-refractivity contribution is 5.93. The van der Waals surface area contributed by atoms with Gasteiger partial charge in [-0.1, -0.05) is 24.6 Å². The van der Waals surface area contributed by atoms with Gasteiger partial charge in [-0.3, -0.25) is 14.5 Å². The zero-order valence-corrected chi connectivity index (χ0v) is 16.5. The fourth-order valence-electron chi connectivity index (χ4n) is 4.22. The second-order valence-electron chi connectivity index (χ2n) is 8.03. The fraction of sp³-hybridized carbons (Fsp3) is 0.619. The second kappa shape index (κ2) is 8.85. The van der Waals surface area contributed by atoms with Crippen LogP contribution in [0.25, 0.3) is 0 Å². The van der Waals surface area contributed by atoms with Crippen molar-refractivity contribution in [2.75, 3.05) is 38.0 Å². The summed E-state index contributed by atoms with van der Waals surface area (Å²) < 4.78 is 0. The van der Waals surface area contributed by atoms with Crippen molar-refractivity contribution in [2.45, 2.75) is 45.6 Å². The molecule has 3 rings (SSSR count). The van der Waals surface area contributed by atoms with Crippen molar-refractivity contribution >= 4 is 17.5 Å². The van der Waals surface area contributed by atoms with E-state index >= 15 is 0 Å². The Hall–Kier alpha value is -1.92. The number of aryl methyl sites for hydroxylation is 2. The fourth-order valence-corrected chi connectivity index (χ4v) is 4.22. The minimum Gasteiger partial charge on any atom is -0.340 e. The highest BCUT2D eigenvalue weighted by Gasteiger charge is 2.29. The van der Waals surface area contributed by atoms with Crippen LogP contribution in [-0.2, 0) is 9.59 Å². The van der Waals surface area contributed by atoms with Gasteiger partial charge in [0.15, 0.2) is 0 Å². The zero-order chi connectivity index (χ0) is 19.4. The number of nitrogens with two attached hydrogens (primary N) is 1. The quantitative estimate of drug-likeness (QED) is 0.827. The van der Waals surface area contributed by atoms with Crippen LogP contribution < -0.4 is 11.1 Å². The predicted octanol–water partition coefficient (Wildman–Crippen LogP) is 1.90. The molecule has 1 heterocycles. The normalized spacial score (nSPS) is 23.4. The number of carbonyl (C=O) groups excluding carboxylic acids is 2. The molecular weight excluding hydrogens is 340 g/mol. The smallest absolute Gasteiger partial charge is 0.238 e. The van der Waals surface area contributed by atoms with Crippen molar-refractivity contribution in [3.05, 3.63) is 29.3 Å². The van der Waals surface area contributed by atoms with E-state index in [9.17, 15) is 9.59 Å². The van der Waals surface area contributed by atoms with Crippen LogP contribution in [0.4, 0.5) is 5.69 Å². The van der Waals surface area contributed by atoms with Gasteiger partial charge >= 0.3 is 0 Å². The molecule has 2 fully saturated rings. The minimum absolute atomic E-state index is 0.00380. The van der Waals surface area contributed by atoms with Crippen LogP contribution in [0, 0.1) is 19.8 Å². The van der Waals surface area contributed by atoms with Crippen LogP contribution in [0.15, 0.2) is 18.2 Å². The van der Waals surface area contributed by atoms with Crippen LogP contribution in [0.2, 0.25) is 0 Å². The van der Waals surface area contributed by atoms with Gasteiger partial charge in [-0.2, -0.15) is 0 Å². The number of anilines is 1. The van der Waals surface area contributed by atoms with E-state index in [1.165, 1.54) is 0 Å². The Labute approximate surface area is 162 Å². The molecule has 6 heteroatoms. The molecule has 2 amide bonds. The molecule has 1 aliphatic heterocycles. The van der Waals surface area contributed by atoms with Crippen molar-refractivity contribution in [3.63, 3.8) is 0 Å². The van der Waals surface area contributed by atoms with Gasteiger partial charge in [-0.25, -0.2) is 0 Å². The van der Waals surface area contributed by atoms with Crippen LogP contribution in [0.1, 0.15) is 36.8 Å². The molecule has 1 aromatic carbocycles. The highest BCUT2D eigenvalue weighted by Crippen LogP contribution is 2.27. The molecule has 6 nitrogen and oxygen atoms in total. The Kier molecular flexibility index (Phi) is 6.50. The number of benzene rings is 1. The molecule has 2 atom stereocenters. The lowest BCUT2D eigenvalue weighted by Crippen LogP contribution is -2.51.